The standard InChI is InChI=1S/C13H21N3O3S/c1-9(12(17)18)4-3-5-10(2)16-13(19)15-8-11-14-6-7-20-11/h6-7,9-10H,3-5,8H2,1-2H3,(H,17,18)(H2,15,16,19). The number of thiazole rings is 1. The SMILES string of the molecule is CC(CCCC(C)C(=O)O)NC(=O)NCc1nccs1. The van der Waals surface area contributed by atoms with Gasteiger partial charge < -0.3 is 15.7 Å². The maximum Gasteiger partial charge on any atom is 0.315 e. The van der Waals surface area contributed by atoms with Crippen molar-refractivity contribution in [2.45, 2.75) is 45.7 Å². The number of hydrogen-bond acceptors (Lipinski definition) is 4. The van der Waals surface area contributed by atoms with Crippen LogP contribution in [0.15, 0.2) is 11.6 Å². The van der Waals surface area contributed by atoms with E-state index >= 15 is 0 Å². The Hall–Kier alpha value is -1.63. The Kier molecular flexibility index (Phi) is 7.00. The van der Waals surface area contributed by atoms with Crippen molar-refractivity contribution in [3.63, 3.8) is 0 Å². The molecule has 0 bridgehead atoms. The molecule has 0 aliphatic rings. The van der Waals surface area contributed by atoms with Crippen LogP contribution in [0.1, 0.15) is 38.1 Å². The molecule has 0 aliphatic heterocycles. The van der Waals surface area contributed by atoms with E-state index in [1.165, 1.54) is 11.3 Å². The number of nitrogens with one attached hydrogen (secondary N) is 2. The lowest BCUT2D eigenvalue weighted by Gasteiger charge is -2.15. The van der Waals surface area contributed by atoms with E-state index in [0.717, 1.165) is 17.8 Å². The molecule has 7 heteroatoms. The Morgan fingerprint density at radius 2 is 2.15 bits per heavy atom. The minimum Gasteiger partial charge on any atom is -0.481 e. The van der Waals surface area contributed by atoms with Gasteiger partial charge in [-0.2, -0.15) is 0 Å². The summed E-state index contributed by atoms with van der Waals surface area (Å²) in [5, 5.41) is 17.1. The van der Waals surface area contributed by atoms with Crippen LogP contribution in [0.4, 0.5) is 4.79 Å². The van der Waals surface area contributed by atoms with Crippen LogP contribution >= 0.6 is 11.3 Å². The fourth-order valence-corrected chi connectivity index (χ4v) is 2.25. The number of urea groups is 1. The number of carbonyl (C=O) groups excluding carboxylic acids is 1. The molecule has 1 aromatic rings. The summed E-state index contributed by atoms with van der Waals surface area (Å²) in [5.74, 6) is -1.10. The summed E-state index contributed by atoms with van der Waals surface area (Å²) in [6, 6.07) is -0.203. The molecule has 20 heavy (non-hydrogen) atoms. The summed E-state index contributed by atoms with van der Waals surface area (Å²) in [7, 11) is 0. The summed E-state index contributed by atoms with van der Waals surface area (Å²) in [5.41, 5.74) is 0. The second kappa shape index (κ2) is 8.52. The minimum absolute atomic E-state index is 0.0206. The van der Waals surface area contributed by atoms with Gasteiger partial charge in [-0.05, 0) is 19.8 Å². The van der Waals surface area contributed by atoms with Gasteiger partial charge in [0.25, 0.3) is 0 Å². The summed E-state index contributed by atoms with van der Waals surface area (Å²) >= 11 is 1.49. The molecule has 0 saturated heterocycles. The Morgan fingerprint density at radius 3 is 2.75 bits per heavy atom. The molecule has 1 heterocycles. The molecule has 0 fully saturated rings. The molecule has 6 nitrogen and oxygen atoms in total. The van der Waals surface area contributed by atoms with E-state index < -0.39 is 5.97 Å². The highest BCUT2D eigenvalue weighted by Gasteiger charge is 2.12. The van der Waals surface area contributed by atoms with Crippen LogP contribution in [0.5, 0.6) is 0 Å². The van der Waals surface area contributed by atoms with E-state index in [1.54, 1.807) is 13.1 Å². The lowest BCUT2D eigenvalue weighted by Crippen LogP contribution is -2.40. The predicted molar refractivity (Wildman–Crippen MR) is 77.6 cm³/mol. The van der Waals surface area contributed by atoms with Crippen LogP contribution in [0.3, 0.4) is 0 Å². The van der Waals surface area contributed by atoms with Gasteiger partial charge in [-0.25, -0.2) is 9.78 Å². The van der Waals surface area contributed by atoms with Crippen molar-refractivity contribution < 1.29 is 14.7 Å². The monoisotopic (exact) mass is 299 g/mol. The first-order valence-corrected chi connectivity index (χ1v) is 7.52. The van der Waals surface area contributed by atoms with Crippen LogP contribution in [0.2, 0.25) is 0 Å². The number of hydrogen-bond donors (Lipinski definition) is 3. The van der Waals surface area contributed by atoms with Gasteiger partial charge in [0.1, 0.15) is 5.01 Å². The predicted octanol–water partition coefficient (Wildman–Crippen LogP) is 2.22. The van der Waals surface area contributed by atoms with Crippen LogP contribution in [-0.2, 0) is 11.3 Å². The highest BCUT2D eigenvalue weighted by Crippen LogP contribution is 2.09. The number of carboxylic acid groups (broad SMARTS) is 1. The zero-order valence-corrected chi connectivity index (χ0v) is 12.6. The average Bonchev–Trinajstić information content (AvgIpc) is 2.89. The zero-order chi connectivity index (χ0) is 15.0. The van der Waals surface area contributed by atoms with E-state index in [9.17, 15) is 9.59 Å². The summed E-state index contributed by atoms with van der Waals surface area (Å²) in [4.78, 5) is 26.4. The fraction of sp³-hybridized carbons (Fsp3) is 0.615. The molecule has 0 spiro atoms. The fourth-order valence-electron chi connectivity index (χ4n) is 1.70. The quantitative estimate of drug-likeness (QED) is 0.686. The third-order valence-electron chi connectivity index (χ3n) is 2.96. The van der Waals surface area contributed by atoms with Crippen molar-refractivity contribution in [1.82, 2.24) is 15.6 Å². The number of aliphatic carboxylic acids is 1. The lowest BCUT2D eigenvalue weighted by atomic mass is 10.0. The third kappa shape index (κ3) is 6.51. The number of rotatable bonds is 8. The Labute approximate surface area is 122 Å². The Morgan fingerprint density at radius 1 is 1.40 bits per heavy atom. The van der Waals surface area contributed by atoms with E-state index in [-0.39, 0.29) is 18.0 Å². The van der Waals surface area contributed by atoms with Gasteiger partial charge in [-0.15, -0.1) is 11.3 Å². The molecule has 0 aromatic carbocycles. The van der Waals surface area contributed by atoms with Crippen molar-refractivity contribution in [3.8, 4) is 0 Å². The van der Waals surface area contributed by atoms with Crippen LogP contribution in [-0.4, -0.2) is 28.1 Å². The zero-order valence-electron chi connectivity index (χ0n) is 11.8. The van der Waals surface area contributed by atoms with E-state index in [0.29, 0.717) is 13.0 Å². The number of aromatic nitrogens is 1. The van der Waals surface area contributed by atoms with Gasteiger partial charge in [0, 0.05) is 17.6 Å². The van der Waals surface area contributed by atoms with Crippen molar-refractivity contribution >= 4 is 23.3 Å². The highest BCUT2D eigenvalue weighted by molar-refractivity contribution is 7.09. The molecule has 0 radical (unpaired) electrons. The molecule has 1 aromatic heterocycles. The van der Waals surface area contributed by atoms with E-state index in [1.807, 2.05) is 12.3 Å². The van der Waals surface area contributed by atoms with Crippen molar-refractivity contribution in [3.05, 3.63) is 16.6 Å². The van der Waals surface area contributed by atoms with Crippen molar-refractivity contribution in [2.75, 3.05) is 0 Å². The summed E-state index contributed by atoms with van der Waals surface area (Å²) in [6.45, 7) is 4.03. The molecular weight excluding hydrogens is 278 g/mol. The first-order valence-electron chi connectivity index (χ1n) is 6.64. The highest BCUT2D eigenvalue weighted by atomic mass is 32.1. The van der Waals surface area contributed by atoms with Crippen molar-refractivity contribution in [2.24, 2.45) is 5.92 Å². The van der Waals surface area contributed by atoms with Crippen LogP contribution < -0.4 is 10.6 Å². The van der Waals surface area contributed by atoms with Crippen molar-refractivity contribution in [1.29, 1.82) is 0 Å². The second-order valence-electron chi connectivity index (χ2n) is 4.82. The molecule has 3 N–H and O–H groups in total. The summed E-state index contributed by atoms with van der Waals surface area (Å²) in [6.07, 6.45) is 3.87. The molecule has 2 amide bonds. The first-order chi connectivity index (χ1) is 9.49. The van der Waals surface area contributed by atoms with Crippen LogP contribution in [0, 0.1) is 5.92 Å². The number of amides is 2. The number of carbonyl (C=O) groups is 2. The average molecular weight is 299 g/mol. The topological polar surface area (TPSA) is 91.3 Å². The Bertz CT molecular complexity index is 423. The largest absolute Gasteiger partial charge is 0.481 e. The van der Waals surface area contributed by atoms with Crippen LogP contribution in [0.25, 0.3) is 0 Å². The van der Waals surface area contributed by atoms with Gasteiger partial charge in [-0.1, -0.05) is 13.3 Å². The minimum atomic E-state index is -0.771. The smallest absolute Gasteiger partial charge is 0.315 e. The van der Waals surface area contributed by atoms with Gasteiger partial charge in [0.05, 0.1) is 12.5 Å². The van der Waals surface area contributed by atoms with Gasteiger partial charge in [-0.3, -0.25) is 4.79 Å². The number of nitrogens with zero attached hydrogens (tertiary/aromatic N) is 1. The molecule has 2 atom stereocenters. The van der Waals surface area contributed by atoms with E-state index in [4.69, 9.17) is 5.11 Å². The first kappa shape index (κ1) is 16.4. The third-order valence-corrected chi connectivity index (χ3v) is 3.74. The van der Waals surface area contributed by atoms with E-state index in [2.05, 4.69) is 15.6 Å². The molecule has 2 unspecified atom stereocenters. The molecule has 0 aliphatic carbocycles. The Balaban J connectivity index is 2.13. The van der Waals surface area contributed by atoms with Gasteiger partial charge in [0.2, 0.25) is 0 Å². The maximum absolute atomic E-state index is 11.6. The molecule has 1 rings (SSSR count). The molecule has 112 valence electrons. The molecule has 0 saturated carbocycles. The molecular formula is C13H21N3O3S. The lowest BCUT2D eigenvalue weighted by molar-refractivity contribution is -0.141. The second-order valence-corrected chi connectivity index (χ2v) is 5.80. The number of carboxylic acids is 1. The summed E-state index contributed by atoms with van der Waals surface area (Å²) < 4.78 is 0. The van der Waals surface area contributed by atoms with Gasteiger partial charge >= 0.3 is 12.0 Å². The maximum atomic E-state index is 11.6. The normalized spacial score (nSPS) is 13.5. The van der Waals surface area contributed by atoms with Gasteiger partial charge in [0.15, 0.2) is 0 Å².